The first-order chi connectivity index (χ1) is 27.8. The van der Waals surface area contributed by atoms with Gasteiger partial charge in [0.2, 0.25) is 11.8 Å². The zero-order chi connectivity index (χ0) is 39.5. The maximum Gasteiger partial charge on any atom is 0.262 e. The smallest absolute Gasteiger partial charge is 0.262 e. The average Bonchev–Trinajstić information content (AvgIpc) is 3.49. The van der Waals surface area contributed by atoms with Crippen molar-refractivity contribution in [3.8, 4) is 11.5 Å². The van der Waals surface area contributed by atoms with Gasteiger partial charge in [-0.3, -0.25) is 39.2 Å². The van der Waals surface area contributed by atoms with Crippen LogP contribution in [0.2, 0.25) is 0 Å². The second-order valence-electron chi connectivity index (χ2n) is 15.3. The molecular formula is C46H49N5O6. The first-order valence-electron chi connectivity index (χ1n) is 20.2. The van der Waals surface area contributed by atoms with E-state index in [1.54, 1.807) is 24.3 Å². The molecule has 4 heterocycles. The maximum absolute atomic E-state index is 13.3. The summed E-state index contributed by atoms with van der Waals surface area (Å²) in [6.07, 6.45) is 3.32. The number of benzene rings is 4. The van der Waals surface area contributed by atoms with Gasteiger partial charge in [0.15, 0.2) is 0 Å². The molecule has 11 nitrogen and oxygen atoms in total. The van der Waals surface area contributed by atoms with E-state index in [0.29, 0.717) is 23.8 Å². The number of anilines is 1. The standard InChI is InChI=1S/C46H49N5O6/c1-2-38(31-6-4-3-5-7-31)43(32-8-13-36(52)14-9-32)33-10-15-37(16-11-33)57-29-28-48-22-20-34(21-23-48)49-24-26-50(27-25-49)35-12-17-39-40(30-35)46(56)51(45(39)55)41-18-19-42(53)47-44(41)54/h3-17,30,34,41,52H,2,18-29H2,1H3,(H,47,53,54)/b43-38-. The molecule has 3 saturated heterocycles. The van der Waals surface area contributed by atoms with E-state index in [2.05, 4.69) is 75.5 Å². The van der Waals surface area contributed by atoms with Crippen LogP contribution in [0.1, 0.15) is 76.4 Å². The van der Waals surface area contributed by atoms with E-state index in [9.17, 15) is 24.3 Å². The largest absolute Gasteiger partial charge is 0.508 e. The van der Waals surface area contributed by atoms with Crippen LogP contribution in [0.3, 0.4) is 0 Å². The Kier molecular flexibility index (Phi) is 11.2. The molecule has 0 aromatic heterocycles. The third-order valence-corrected chi connectivity index (χ3v) is 11.9. The number of piperidine rings is 2. The molecule has 0 aliphatic carbocycles. The highest BCUT2D eigenvalue weighted by atomic mass is 16.5. The number of likely N-dealkylation sites (tertiary alicyclic amines) is 1. The predicted molar refractivity (Wildman–Crippen MR) is 219 cm³/mol. The lowest BCUT2D eigenvalue weighted by Gasteiger charge is -2.43. The van der Waals surface area contributed by atoms with Gasteiger partial charge in [0, 0.05) is 50.9 Å². The zero-order valence-electron chi connectivity index (χ0n) is 32.4. The zero-order valence-corrected chi connectivity index (χ0v) is 32.4. The molecule has 11 heteroatoms. The summed E-state index contributed by atoms with van der Waals surface area (Å²) in [6, 6.07) is 31.2. The first kappa shape index (κ1) is 38.1. The van der Waals surface area contributed by atoms with Crippen LogP contribution in [0.4, 0.5) is 5.69 Å². The molecule has 8 rings (SSSR count). The SMILES string of the molecule is CC/C(=C(\c1ccc(O)cc1)c1ccc(OCCN2CCC(N3CCN(c4ccc5c(c4)C(=O)N(C4CCC(=O)NC4=O)C5=O)CC3)CC2)cc1)c1ccccc1. The highest BCUT2D eigenvalue weighted by molar-refractivity contribution is 6.23. The Morgan fingerprint density at radius 1 is 0.737 bits per heavy atom. The van der Waals surface area contributed by atoms with E-state index < -0.39 is 23.8 Å². The van der Waals surface area contributed by atoms with Crippen molar-refractivity contribution in [2.45, 2.75) is 51.1 Å². The Hall–Kier alpha value is -5.78. The van der Waals surface area contributed by atoms with E-state index >= 15 is 0 Å². The van der Waals surface area contributed by atoms with Gasteiger partial charge in [0.05, 0.1) is 11.1 Å². The fourth-order valence-corrected chi connectivity index (χ4v) is 8.83. The van der Waals surface area contributed by atoms with Crippen LogP contribution in [-0.4, -0.2) is 108 Å². The number of ether oxygens (including phenoxy) is 1. The third kappa shape index (κ3) is 8.08. The number of fused-ring (bicyclic) bond motifs is 1. The van der Waals surface area contributed by atoms with Crippen LogP contribution in [-0.2, 0) is 9.59 Å². The van der Waals surface area contributed by atoms with Gasteiger partial charge in [0.1, 0.15) is 24.1 Å². The lowest BCUT2D eigenvalue weighted by atomic mass is 9.88. The highest BCUT2D eigenvalue weighted by Gasteiger charge is 2.45. The van der Waals surface area contributed by atoms with Gasteiger partial charge in [-0.25, -0.2) is 0 Å². The van der Waals surface area contributed by atoms with Crippen LogP contribution < -0.4 is 15.0 Å². The van der Waals surface area contributed by atoms with Gasteiger partial charge in [-0.15, -0.1) is 0 Å². The van der Waals surface area contributed by atoms with E-state index in [1.807, 2.05) is 24.3 Å². The number of nitrogens with zero attached hydrogens (tertiary/aromatic N) is 4. The number of nitrogens with one attached hydrogen (secondary N) is 1. The summed E-state index contributed by atoms with van der Waals surface area (Å²) in [6.45, 7) is 9.21. The van der Waals surface area contributed by atoms with Crippen LogP contribution >= 0.6 is 0 Å². The summed E-state index contributed by atoms with van der Waals surface area (Å²) >= 11 is 0. The molecule has 57 heavy (non-hydrogen) atoms. The molecule has 0 spiro atoms. The van der Waals surface area contributed by atoms with Crippen molar-refractivity contribution in [2.75, 3.05) is 57.3 Å². The monoisotopic (exact) mass is 767 g/mol. The number of phenols is 1. The van der Waals surface area contributed by atoms with Crippen molar-refractivity contribution in [1.29, 1.82) is 0 Å². The number of rotatable bonds is 11. The van der Waals surface area contributed by atoms with Crippen molar-refractivity contribution in [3.05, 3.63) is 125 Å². The molecular weight excluding hydrogens is 719 g/mol. The van der Waals surface area contributed by atoms with Crippen LogP contribution in [0.5, 0.6) is 11.5 Å². The molecule has 2 N–H and O–H groups in total. The Balaban J connectivity index is 0.809. The molecule has 0 saturated carbocycles. The summed E-state index contributed by atoms with van der Waals surface area (Å²) in [5.41, 5.74) is 7.27. The maximum atomic E-state index is 13.3. The normalized spacial score (nSPS) is 20.1. The minimum Gasteiger partial charge on any atom is -0.508 e. The van der Waals surface area contributed by atoms with Crippen LogP contribution in [0, 0.1) is 0 Å². The van der Waals surface area contributed by atoms with Gasteiger partial charge in [-0.05, 0) is 109 Å². The topological polar surface area (TPSA) is 123 Å². The average molecular weight is 768 g/mol. The minimum atomic E-state index is -0.964. The summed E-state index contributed by atoms with van der Waals surface area (Å²) in [7, 11) is 0. The molecule has 1 unspecified atom stereocenters. The number of carbonyl (C=O) groups is 4. The molecule has 1 atom stereocenters. The molecule has 4 aromatic rings. The Labute approximate surface area is 333 Å². The third-order valence-electron chi connectivity index (χ3n) is 11.9. The Morgan fingerprint density at radius 3 is 2.07 bits per heavy atom. The second-order valence-corrected chi connectivity index (χ2v) is 15.3. The molecule has 4 amide bonds. The molecule has 0 radical (unpaired) electrons. The summed E-state index contributed by atoms with van der Waals surface area (Å²) in [5.74, 6) is -0.840. The minimum absolute atomic E-state index is 0.0994. The van der Waals surface area contributed by atoms with Crippen molar-refractivity contribution < 1.29 is 29.0 Å². The van der Waals surface area contributed by atoms with Crippen molar-refractivity contribution in [1.82, 2.24) is 20.0 Å². The first-order valence-corrected chi connectivity index (χ1v) is 20.2. The number of imide groups is 2. The summed E-state index contributed by atoms with van der Waals surface area (Å²) in [4.78, 5) is 58.9. The summed E-state index contributed by atoms with van der Waals surface area (Å²) < 4.78 is 6.24. The number of hydrogen-bond acceptors (Lipinski definition) is 9. The molecule has 294 valence electrons. The quantitative estimate of drug-likeness (QED) is 0.144. The highest BCUT2D eigenvalue weighted by Crippen LogP contribution is 2.36. The number of amides is 4. The number of piperazine rings is 1. The van der Waals surface area contributed by atoms with Crippen LogP contribution in [0.25, 0.3) is 11.1 Å². The van der Waals surface area contributed by atoms with Crippen LogP contribution in [0.15, 0.2) is 97.1 Å². The molecule has 0 bridgehead atoms. The fourth-order valence-electron chi connectivity index (χ4n) is 8.83. The number of allylic oxidation sites excluding steroid dienone is 1. The number of aromatic hydroxyl groups is 1. The number of phenolic OH excluding ortho intramolecular Hbond substituents is 1. The lowest BCUT2D eigenvalue weighted by molar-refractivity contribution is -0.136. The van der Waals surface area contributed by atoms with E-state index in [0.717, 1.165) is 98.1 Å². The lowest BCUT2D eigenvalue weighted by Crippen LogP contribution is -2.54. The second kappa shape index (κ2) is 16.8. The van der Waals surface area contributed by atoms with Crippen molar-refractivity contribution in [3.63, 3.8) is 0 Å². The van der Waals surface area contributed by atoms with E-state index in [4.69, 9.17) is 4.74 Å². The number of hydrogen-bond donors (Lipinski definition) is 2. The van der Waals surface area contributed by atoms with E-state index in [1.165, 1.54) is 11.1 Å². The van der Waals surface area contributed by atoms with E-state index in [-0.39, 0.29) is 24.5 Å². The van der Waals surface area contributed by atoms with Gasteiger partial charge >= 0.3 is 0 Å². The number of carbonyl (C=O) groups excluding carboxylic acids is 4. The Bertz CT molecular complexity index is 2150. The molecule has 4 aliphatic heterocycles. The summed E-state index contributed by atoms with van der Waals surface area (Å²) in [5, 5.41) is 12.2. The van der Waals surface area contributed by atoms with Crippen molar-refractivity contribution in [2.24, 2.45) is 0 Å². The fraction of sp³-hybridized carbons (Fsp3) is 0.348. The Morgan fingerprint density at radius 2 is 1.40 bits per heavy atom. The van der Waals surface area contributed by atoms with Gasteiger partial charge < -0.3 is 14.7 Å². The van der Waals surface area contributed by atoms with Crippen molar-refractivity contribution >= 4 is 40.5 Å². The molecule has 4 aromatic carbocycles. The van der Waals surface area contributed by atoms with Gasteiger partial charge in [0.25, 0.3) is 11.8 Å². The van der Waals surface area contributed by atoms with Gasteiger partial charge in [-0.2, -0.15) is 0 Å². The molecule has 4 aliphatic rings. The molecule has 3 fully saturated rings. The van der Waals surface area contributed by atoms with Gasteiger partial charge in [-0.1, -0.05) is 61.5 Å². The predicted octanol–water partition coefficient (Wildman–Crippen LogP) is 5.83.